The number of aryl methyl sites for hydroxylation is 2. The van der Waals surface area contributed by atoms with Crippen LogP contribution in [0.1, 0.15) is 11.5 Å². The van der Waals surface area contributed by atoms with Crippen LogP contribution in [-0.4, -0.2) is 15.8 Å². The lowest BCUT2D eigenvalue weighted by Crippen LogP contribution is -1.88. The van der Waals surface area contributed by atoms with Crippen LogP contribution in [0.5, 0.6) is 0 Å². The molecule has 0 fully saturated rings. The highest BCUT2D eigenvalue weighted by Gasteiger charge is 2.08. The summed E-state index contributed by atoms with van der Waals surface area (Å²) < 4.78 is 13.1. The van der Waals surface area contributed by atoms with Crippen molar-refractivity contribution in [1.29, 1.82) is 0 Å². The largest absolute Gasteiger partial charge is 0.346 e. The third kappa shape index (κ3) is 2.25. The third-order valence-corrected chi connectivity index (χ3v) is 2.55. The van der Waals surface area contributed by atoms with E-state index >= 15 is 0 Å². The van der Waals surface area contributed by atoms with Gasteiger partial charge >= 0.3 is 0 Å². The minimum absolute atomic E-state index is 0.251. The van der Waals surface area contributed by atoms with E-state index in [9.17, 15) is 4.39 Å². The number of aromatic amines is 1. The first-order valence-corrected chi connectivity index (χ1v) is 5.61. The van der Waals surface area contributed by atoms with Crippen LogP contribution in [0.25, 0.3) is 11.3 Å². The number of imidazole rings is 1. The Morgan fingerprint density at radius 2 is 2.25 bits per heavy atom. The third-order valence-electron chi connectivity index (χ3n) is 2.36. The van der Waals surface area contributed by atoms with E-state index < -0.39 is 0 Å². The van der Waals surface area contributed by atoms with Gasteiger partial charge in [0.1, 0.15) is 11.6 Å². The molecule has 0 aliphatic carbocycles. The van der Waals surface area contributed by atoms with Gasteiger partial charge < -0.3 is 4.98 Å². The highest BCUT2D eigenvalue weighted by molar-refractivity contribution is 6.17. The monoisotopic (exact) mass is 238 g/mol. The van der Waals surface area contributed by atoms with E-state index in [1.54, 1.807) is 6.07 Å². The molecule has 1 heterocycles. The van der Waals surface area contributed by atoms with Crippen LogP contribution in [0.3, 0.4) is 0 Å². The van der Waals surface area contributed by atoms with Gasteiger partial charge in [-0.3, -0.25) is 0 Å². The standard InChI is InChI=1S/C12H12ClFN2/c1-8-12(16-11(15-8)5-6-13)9-3-2-4-10(14)7-9/h2-4,7H,5-6H2,1H3,(H,15,16). The van der Waals surface area contributed by atoms with Crippen molar-refractivity contribution in [2.24, 2.45) is 0 Å². The van der Waals surface area contributed by atoms with Crippen molar-refractivity contribution in [1.82, 2.24) is 9.97 Å². The summed E-state index contributed by atoms with van der Waals surface area (Å²) in [4.78, 5) is 7.55. The second-order valence-electron chi connectivity index (χ2n) is 3.61. The fraction of sp³-hybridized carbons (Fsp3) is 0.250. The lowest BCUT2D eigenvalue weighted by atomic mass is 10.1. The molecule has 0 amide bonds. The Kier molecular flexibility index (Phi) is 3.25. The molecule has 0 radical (unpaired) electrons. The molecule has 16 heavy (non-hydrogen) atoms. The van der Waals surface area contributed by atoms with Crippen LogP contribution in [-0.2, 0) is 6.42 Å². The maximum absolute atomic E-state index is 13.1. The van der Waals surface area contributed by atoms with E-state index in [1.165, 1.54) is 12.1 Å². The quantitative estimate of drug-likeness (QED) is 0.817. The van der Waals surface area contributed by atoms with Gasteiger partial charge in [-0.25, -0.2) is 9.37 Å². The molecule has 0 spiro atoms. The van der Waals surface area contributed by atoms with Crippen molar-refractivity contribution in [3.8, 4) is 11.3 Å². The van der Waals surface area contributed by atoms with Gasteiger partial charge in [0.05, 0.1) is 5.69 Å². The van der Waals surface area contributed by atoms with Crippen LogP contribution in [0.4, 0.5) is 4.39 Å². The molecule has 0 aliphatic rings. The van der Waals surface area contributed by atoms with Crippen molar-refractivity contribution >= 4 is 11.6 Å². The van der Waals surface area contributed by atoms with E-state index in [0.29, 0.717) is 12.3 Å². The SMILES string of the molecule is Cc1[nH]c(CCCl)nc1-c1cccc(F)c1. The summed E-state index contributed by atoms with van der Waals surface area (Å²) in [6.07, 6.45) is 0.692. The average Bonchev–Trinajstić information content (AvgIpc) is 2.60. The number of hydrogen-bond donors (Lipinski definition) is 1. The number of halogens is 2. The summed E-state index contributed by atoms with van der Waals surface area (Å²) in [5.41, 5.74) is 2.51. The van der Waals surface area contributed by atoms with Crippen LogP contribution in [0, 0.1) is 12.7 Å². The topological polar surface area (TPSA) is 28.7 Å². The fourth-order valence-electron chi connectivity index (χ4n) is 1.65. The molecule has 4 heteroatoms. The van der Waals surface area contributed by atoms with Crippen molar-refractivity contribution in [2.75, 3.05) is 5.88 Å². The molecule has 0 saturated carbocycles. The second-order valence-corrected chi connectivity index (χ2v) is 3.98. The number of aromatic nitrogens is 2. The van der Waals surface area contributed by atoms with E-state index in [2.05, 4.69) is 9.97 Å². The lowest BCUT2D eigenvalue weighted by Gasteiger charge is -1.97. The Bertz CT molecular complexity index is 494. The molecule has 0 unspecified atom stereocenters. The molecule has 0 aliphatic heterocycles. The zero-order valence-electron chi connectivity index (χ0n) is 8.93. The predicted octanol–water partition coefficient (Wildman–Crippen LogP) is 3.31. The van der Waals surface area contributed by atoms with Crippen molar-refractivity contribution in [3.05, 3.63) is 41.6 Å². The first kappa shape index (κ1) is 11.1. The molecule has 2 nitrogen and oxygen atoms in total. The van der Waals surface area contributed by atoms with Gasteiger partial charge in [-0.05, 0) is 19.1 Å². The van der Waals surface area contributed by atoms with Crippen molar-refractivity contribution in [2.45, 2.75) is 13.3 Å². The average molecular weight is 239 g/mol. The van der Waals surface area contributed by atoms with Gasteiger partial charge in [-0.1, -0.05) is 12.1 Å². The molecular weight excluding hydrogens is 227 g/mol. The summed E-state index contributed by atoms with van der Waals surface area (Å²) in [5, 5.41) is 0. The van der Waals surface area contributed by atoms with E-state index in [0.717, 1.165) is 22.8 Å². The molecule has 1 N–H and O–H groups in total. The Labute approximate surface area is 98.5 Å². The molecule has 0 saturated heterocycles. The highest BCUT2D eigenvalue weighted by atomic mass is 35.5. The van der Waals surface area contributed by atoms with Crippen LogP contribution in [0.15, 0.2) is 24.3 Å². The number of benzene rings is 1. The van der Waals surface area contributed by atoms with E-state index in [4.69, 9.17) is 11.6 Å². The zero-order chi connectivity index (χ0) is 11.5. The number of alkyl halides is 1. The Morgan fingerprint density at radius 3 is 2.94 bits per heavy atom. The highest BCUT2D eigenvalue weighted by Crippen LogP contribution is 2.21. The maximum atomic E-state index is 13.1. The summed E-state index contributed by atoms with van der Waals surface area (Å²) in [5.74, 6) is 1.11. The molecule has 2 rings (SSSR count). The van der Waals surface area contributed by atoms with Crippen molar-refractivity contribution < 1.29 is 4.39 Å². The molecule has 0 atom stereocenters. The second kappa shape index (κ2) is 4.66. The molecule has 0 bridgehead atoms. The number of rotatable bonds is 3. The number of nitrogens with zero attached hydrogens (tertiary/aromatic N) is 1. The van der Waals surface area contributed by atoms with Gasteiger partial charge in [0, 0.05) is 23.6 Å². The van der Waals surface area contributed by atoms with Gasteiger partial charge in [-0.15, -0.1) is 11.6 Å². The molecule has 1 aromatic carbocycles. The van der Waals surface area contributed by atoms with Crippen LogP contribution < -0.4 is 0 Å². The minimum Gasteiger partial charge on any atom is -0.346 e. The summed E-state index contributed by atoms with van der Waals surface area (Å²) in [6.45, 7) is 1.92. The van der Waals surface area contributed by atoms with E-state index in [-0.39, 0.29) is 5.82 Å². The summed E-state index contributed by atoms with van der Waals surface area (Å²) in [7, 11) is 0. The van der Waals surface area contributed by atoms with Gasteiger partial charge in [0.25, 0.3) is 0 Å². The Hall–Kier alpha value is -1.35. The van der Waals surface area contributed by atoms with Crippen molar-refractivity contribution in [3.63, 3.8) is 0 Å². The van der Waals surface area contributed by atoms with Gasteiger partial charge in [0.2, 0.25) is 0 Å². The molecule has 2 aromatic rings. The lowest BCUT2D eigenvalue weighted by molar-refractivity contribution is 0.628. The van der Waals surface area contributed by atoms with Crippen LogP contribution >= 0.6 is 11.6 Å². The van der Waals surface area contributed by atoms with E-state index in [1.807, 2.05) is 13.0 Å². The summed E-state index contributed by atoms with van der Waals surface area (Å²) >= 11 is 5.65. The maximum Gasteiger partial charge on any atom is 0.123 e. The fourth-order valence-corrected chi connectivity index (χ4v) is 1.83. The zero-order valence-corrected chi connectivity index (χ0v) is 9.68. The number of nitrogens with one attached hydrogen (secondary N) is 1. The van der Waals surface area contributed by atoms with Crippen LogP contribution in [0.2, 0.25) is 0 Å². The normalized spacial score (nSPS) is 10.7. The predicted molar refractivity (Wildman–Crippen MR) is 63.1 cm³/mol. The van der Waals surface area contributed by atoms with Gasteiger partial charge in [0.15, 0.2) is 0 Å². The minimum atomic E-state index is -0.251. The van der Waals surface area contributed by atoms with Gasteiger partial charge in [-0.2, -0.15) is 0 Å². The summed E-state index contributed by atoms with van der Waals surface area (Å²) in [6, 6.07) is 6.43. The Morgan fingerprint density at radius 1 is 1.44 bits per heavy atom. The molecule has 1 aromatic heterocycles. The smallest absolute Gasteiger partial charge is 0.123 e. The Balaban J connectivity index is 2.40. The first-order valence-electron chi connectivity index (χ1n) is 5.08. The first-order chi connectivity index (χ1) is 7.70. The number of hydrogen-bond acceptors (Lipinski definition) is 1. The number of H-pyrrole nitrogens is 1. The molecule has 84 valence electrons. The molecular formula is C12H12ClFN2.